The van der Waals surface area contributed by atoms with Gasteiger partial charge in [-0.25, -0.2) is 13.1 Å². The van der Waals surface area contributed by atoms with Crippen molar-refractivity contribution in [1.82, 2.24) is 10.0 Å². The van der Waals surface area contributed by atoms with Crippen molar-refractivity contribution >= 4 is 10.0 Å². The molecule has 1 rings (SSSR count). The maximum atomic E-state index is 11.8. The molecule has 17 heavy (non-hydrogen) atoms. The van der Waals surface area contributed by atoms with E-state index in [1.54, 1.807) is 0 Å². The molecule has 0 aromatic carbocycles. The molecule has 6 heteroatoms. The summed E-state index contributed by atoms with van der Waals surface area (Å²) in [6, 6.07) is -0.0522. The second-order valence-electron chi connectivity index (χ2n) is 4.51. The van der Waals surface area contributed by atoms with Crippen molar-refractivity contribution in [1.29, 1.82) is 0 Å². The van der Waals surface area contributed by atoms with Gasteiger partial charge in [0.2, 0.25) is 10.0 Å². The fourth-order valence-corrected chi connectivity index (χ4v) is 3.28. The first kappa shape index (κ1) is 14.9. The summed E-state index contributed by atoms with van der Waals surface area (Å²) in [5.74, 6) is 0.187. The average molecular weight is 264 g/mol. The normalized spacial score (nSPS) is 25.3. The van der Waals surface area contributed by atoms with Crippen molar-refractivity contribution in [3.05, 3.63) is 0 Å². The fourth-order valence-electron chi connectivity index (χ4n) is 1.87. The van der Waals surface area contributed by atoms with E-state index in [-0.39, 0.29) is 17.9 Å². The van der Waals surface area contributed by atoms with Crippen LogP contribution < -0.4 is 10.0 Å². The van der Waals surface area contributed by atoms with Gasteiger partial charge in [-0.05, 0) is 39.3 Å². The summed E-state index contributed by atoms with van der Waals surface area (Å²) < 4.78 is 31.6. The first-order valence-corrected chi connectivity index (χ1v) is 8.02. The monoisotopic (exact) mass is 264 g/mol. The van der Waals surface area contributed by atoms with Crippen LogP contribution >= 0.6 is 0 Å². The van der Waals surface area contributed by atoms with Gasteiger partial charge in [0, 0.05) is 12.6 Å². The summed E-state index contributed by atoms with van der Waals surface area (Å²) in [4.78, 5) is 0. The Morgan fingerprint density at radius 2 is 2.12 bits per heavy atom. The van der Waals surface area contributed by atoms with Gasteiger partial charge in [-0.3, -0.25) is 0 Å². The molecule has 0 aliphatic carbocycles. The fraction of sp³-hybridized carbons (Fsp3) is 1.00. The summed E-state index contributed by atoms with van der Waals surface area (Å²) in [5.41, 5.74) is 0. The average Bonchev–Trinajstić information content (AvgIpc) is 2.63. The molecule has 0 saturated carbocycles. The Bertz CT molecular complexity index is 306. The molecular formula is C11H24N2O3S. The predicted octanol–water partition coefficient (Wildman–Crippen LogP) is 0.473. The smallest absolute Gasteiger partial charge is 0.211 e. The van der Waals surface area contributed by atoms with Crippen LogP contribution in [0.4, 0.5) is 0 Å². The van der Waals surface area contributed by atoms with Crippen molar-refractivity contribution in [3.63, 3.8) is 0 Å². The molecule has 0 spiro atoms. The van der Waals surface area contributed by atoms with Crippen LogP contribution in [0.15, 0.2) is 0 Å². The predicted molar refractivity (Wildman–Crippen MR) is 68.5 cm³/mol. The van der Waals surface area contributed by atoms with E-state index in [9.17, 15) is 8.42 Å². The Morgan fingerprint density at radius 3 is 2.71 bits per heavy atom. The van der Waals surface area contributed by atoms with Gasteiger partial charge < -0.3 is 10.1 Å². The van der Waals surface area contributed by atoms with E-state index in [0.29, 0.717) is 13.0 Å². The topological polar surface area (TPSA) is 67.4 Å². The zero-order valence-electron chi connectivity index (χ0n) is 10.7. The minimum absolute atomic E-state index is 0.0111. The number of hydrogen-bond donors (Lipinski definition) is 2. The lowest BCUT2D eigenvalue weighted by molar-refractivity contribution is 0.117. The van der Waals surface area contributed by atoms with Crippen molar-refractivity contribution in [2.75, 3.05) is 25.4 Å². The molecule has 0 aromatic heterocycles. The zero-order valence-corrected chi connectivity index (χ0v) is 11.6. The van der Waals surface area contributed by atoms with Crippen LogP contribution in [0.2, 0.25) is 0 Å². The Balaban J connectivity index is 2.21. The van der Waals surface area contributed by atoms with E-state index in [1.807, 2.05) is 6.92 Å². The molecule has 0 bridgehead atoms. The number of rotatable bonds is 8. The Kier molecular flexibility index (Phi) is 6.40. The molecule has 0 amide bonds. The highest BCUT2D eigenvalue weighted by Crippen LogP contribution is 2.13. The molecule has 0 radical (unpaired) electrons. The standard InChI is InChI=1S/C11H24N2O3S/c1-3-6-12-7-4-9-17(14,15)13-11-5-8-16-10(11)2/h10-13H,3-9H2,1-2H3. The van der Waals surface area contributed by atoms with Crippen molar-refractivity contribution in [2.24, 2.45) is 0 Å². The van der Waals surface area contributed by atoms with Crippen LogP contribution in [0.1, 0.15) is 33.1 Å². The molecule has 2 atom stereocenters. The van der Waals surface area contributed by atoms with Crippen LogP contribution in [-0.2, 0) is 14.8 Å². The third-order valence-electron chi connectivity index (χ3n) is 2.90. The molecule has 5 nitrogen and oxygen atoms in total. The summed E-state index contributed by atoms with van der Waals surface area (Å²) in [7, 11) is -3.16. The van der Waals surface area contributed by atoms with Crippen molar-refractivity contribution < 1.29 is 13.2 Å². The minimum atomic E-state index is -3.16. The third kappa shape index (κ3) is 5.81. The first-order chi connectivity index (χ1) is 8.05. The molecule has 0 aromatic rings. The van der Waals surface area contributed by atoms with Gasteiger partial charge in [0.05, 0.1) is 11.9 Å². The van der Waals surface area contributed by atoms with E-state index < -0.39 is 10.0 Å². The summed E-state index contributed by atoms with van der Waals surface area (Å²) in [5, 5.41) is 3.19. The molecule has 1 fully saturated rings. The van der Waals surface area contributed by atoms with Gasteiger partial charge >= 0.3 is 0 Å². The molecule has 1 heterocycles. The molecule has 1 aliphatic rings. The second-order valence-corrected chi connectivity index (χ2v) is 6.38. The first-order valence-electron chi connectivity index (χ1n) is 6.37. The second kappa shape index (κ2) is 7.31. The molecule has 1 saturated heterocycles. The SMILES string of the molecule is CCCNCCCS(=O)(=O)NC1CCOC1C. The van der Waals surface area contributed by atoms with Gasteiger partial charge in [0.15, 0.2) is 0 Å². The molecule has 2 unspecified atom stereocenters. The Hall–Kier alpha value is -0.170. The largest absolute Gasteiger partial charge is 0.377 e. The van der Waals surface area contributed by atoms with E-state index in [0.717, 1.165) is 25.9 Å². The van der Waals surface area contributed by atoms with E-state index in [2.05, 4.69) is 17.0 Å². The molecule has 2 N–H and O–H groups in total. The lowest BCUT2D eigenvalue weighted by Gasteiger charge is -2.16. The van der Waals surface area contributed by atoms with E-state index in [4.69, 9.17) is 4.74 Å². The molecule has 1 aliphatic heterocycles. The number of ether oxygens (including phenoxy) is 1. The van der Waals surface area contributed by atoms with Crippen LogP contribution in [0.5, 0.6) is 0 Å². The Morgan fingerprint density at radius 1 is 1.35 bits per heavy atom. The Labute approximate surface area is 104 Å². The van der Waals surface area contributed by atoms with Crippen molar-refractivity contribution in [3.8, 4) is 0 Å². The minimum Gasteiger partial charge on any atom is -0.377 e. The lowest BCUT2D eigenvalue weighted by atomic mass is 10.2. The summed E-state index contributed by atoms with van der Waals surface area (Å²) in [6.07, 6.45) is 2.48. The zero-order chi connectivity index (χ0) is 12.7. The van der Waals surface area contributed by atoms with Gasteiger partial charge in [0.25, 0.3) is 0 Å². The summed E-state index contributed by atoms with van der Waals surface area (Å²) >= 11 is 0. The van der Waals surface area contributed by atoms with Crippen LogP contribution in [-0.4, -0.2) is 46.0 Å². The summed E-state index contributed by atoms with van der Waals surface area (Å²) in [6.45, 7) is 6.34. The number of sulfonamides is 1. The lowest BCUT2D eigenvalue weighted by Crippen LogP contribution is -2.40. The van der Waals surface area contributed by atoms with Gasteiger partial charge in [-0.1, -0.05) is 6.92 Å². The highest BCUT2D eigenvalue weighted by atomic mass is 32.2. The quantitative estimate of drug-likeness (QED) is 0.626. The number of nitrogens with one attached hydrogen (secondary N) is 2. The molecule has 102 valence electrons. The molecular weight excluding hydrogens is 240 g/mol. The van der Waals surface area contributed by atoms with Crippen LogP contribution in [0.25, 0.3) is 0 Å². The van der Waals surface area contributed by atoms with Gasteiger partial charge in [0.1, 0.15) is 0 Å². The third-order valence-corrected chi connectivity index (χ3v) is 4.39. The van der Waals surface area contributed by atoms with E-state index in [1.165, 1.54) is 0 Å². The van der Waals surface area contributed by atoms with Gasteiger partial charge in [-0.15, -0.1) is 0 Å². The maximum absolute atomic E-state index is 11.8. The van der Waals surface area contributed by atoms with Crippen LogP contribution in [0.3, 0.4) is 0 Å². The van der Waals surface area contributed by atoms with Crippen LogP contribution in [0, 0.1) is 0 Å². The van der Waals surface area contributed by atoms with Crippen molar-refractivity contribution in [2.45, 2.75) is 45.3 Å². The highest BCUT2D eigenvalue weighted by molar-refractivity contribution is 7.89. The van der Waals surface area contributed by atoms with E-state index >= 15 is 0 Å². The maximum Gasteiger partial charge on any atom is 0.211 e. The van der Waals surface area contributed by atoms with Gasteiger partial charge in [-0.2, -0.15) is 0 Å². The highest BCUT2D eigenvalue weighted by Gasteiger charge is 2.27. The number of hydrogen-bond acceptors (Lipinski definition) is 4.